The maximum Gasteiger partial charge on any atom is 0.337 e. The molecule has 0 saturated heterocycles. The first-order chi connectivity index (χ1) is 11.7. The van der Waals surface area contributed by atoms with E-state index in [0.29, 0.717) is 16.8 Å². The van der Waals surface area contributed by atoms with Crippen molar-refractivity contribution in [1.82, 2.24) is 15.0 Å². The number of hydrogen-bond donors (Lipinski definition) is 1. The van der Waals surface area contributed by atoms with Gasteiger partial charge in [-0.2, -0.15) is 15.0 Å². The molecule has 1 aromatic heterocycles. The number of nitrogens with zero attached hydrogens (tertiary/aromatic N) is 3. The minimum Gasteiger partial charge on any atom is -0.465 e. The number of benzene rings is 2. The highest BCUT2D eigenvalue weighted by Gasteiger charge is 2.11. The van der Waals surface area contributed by atoms with Crippen molar-refractivity contribution in [3.63, 3.8) is 0 Å². The van der Waals surface area contributed by atoms with E-state index >= 15 is 0 Å². The summed E-state index contributed by atoms with van der Waals surface area (Å²) in [4.78, 5) is 25.3. The maximum atomic E-state index is 12.3. The Bertz CT molecular complexity index is 858. The summed E-state index contributed by atoms with van der Waals surface area (Å²) in [5, 5.41) is 10.8. The second-order valence-electron chi connectivity index (χ2n) is 4.89. The Labute approximate surface area is 137 Å². The zero-order valence-corrected chi connectivity index (χ0v) is 12.8. The predicted molar refractivity (Wildman–Crippen MR) is 87.1 cm³/mol. The molecular formula is C17H14N4O3. The lowest BCUT2D eigenvalue weighted by atomic mass is 10.1. The van der Waals surface area contributed by atoms with Crippen LogP contribution in [0.15, 0.2) is 60.9 Å². The smallest absolute Gasteiger partial charge is 0.337 e. The molecule has 0 fully saturated rings. The molecule has 3 rings (SSSR count). The van der Waals surface area contributed by atoms with Crippen molar-refractivity contribution in [1.29, 1.82) is 0 Å². The number of carbonyl (C=O) groups is 2. The van der Waals surface area contributed by atoms with Gasteiger partial charge in [-0.1, -0.05) is 6.07 Å². The Morgan fingerprint density at radius 2 is 1.67 bits per heavy atom. The molecule has 0 bridgehead atoms. The van der Waals surface area contributed by atoms with Gasteiger partial charge in [0, 0.05) is 11.3 Å². The molecule has 0 aliphatic carbocycles. The van der Waals surface area contributed by atoms with Crippen molar-refractivity contribution in [3.8, 4) is 5.69 Å². The van der Waals surface area contributed by atoms with Gasteiger partial charge < -0.3 is 10.1 Å². The number of amides is 1. The quantitative estimate of drug-likeness (QED) is 0.745. The Morgan fingerprint density at radius 1 is 1.00 bits per heavy atom. The molecular weight excluding hydrogens is 308 g/mol. The SMILES string of the molecule is COC(=O)c1cccc(C(=O)Nc2ccc(-n3nccn3)cc2)c1. The predicted octanol–water partition coefficient (Wildman–Crippen LogP) is 2.31. The summed E-state index contributed by atoms with van der Waals surface area (Å²) >= 11 is 0. The molecule has 0 aliphatic heterocycles. The van der Waals surface area contributed by atoms with Gasteiger partial charge in [-0.15, -0.1) is 0 Å². The van der Waals surface area contributed by atoms with Crippen LogP contribution in [-0.4, -0.2) is 34.0 Å². The second kappa shape index (κ2) is 6.74. The molecule has 1 N–H and O–H groups in total. The van der Waals surface area contributed by atoms with Crippen LogP contribution >= 0.6 is 0 Å². The van der Waals surface area contributed by atoms with Crippen molar-refractivity contribution in [2.75, 3.05) is 12.4 Å². The number of carbonyl (C=O) groups excluding carboxylic acids is 2. The Hall–Kier alpha value is -3.48. The van der Waals surface area contributed by atoms with Gasteiger partial charge in [-0.05, 0) is 42.5 Å². The Morgan fingerprint density at radius 3 is 2.33 bits per heavy atom. The summed E-state index contributed by atoms with van der Waals surface area (Å²) in [5.74, 6) is -0.800. The van der Waals surface area contributed by atoms with Crippen LogP contribution in [0.3, 0.4) is 0 Å². The van der Waals surface area contributed by atoms with Gasteiger partial charge in [-0.3, -0.25) is 4.79 Å². The fourth-order valence-corrected chi connectivity index (χ4v) is 2.14. The molecule has 24 heavy (non-hydrogen) atoms. The summed E-state index contributed by atoms with van der Waals surface area (Å²) < 4.78 is 4.65. The van der Waals surface area contributed by atoms with E-state index in [9.17, 15) is 9.59 Å². The van der Waals surface area contributed by atoms with Gasteiger partial charge >= 0.3 is 5.97 Å². The minimum absolute atomic E-state index is 0.314. The fraction of sp³-hybridized carbons (Fsp3) is 0.0588. The summed E-state index contributed by atoms with van der Waals surface area (Å²) in [6.07, 6.45) is 3.17. The molecule has 0 spiro atoms. The lowest BCUT2D eigenvalue weighted by Crippen LogP contribution is -2.13. The molecule has 120 valence electrons. The van der Waals surface area contributed by atoms with E-state index in [2.05, 4.69) is 20.3 Å². The van der Waals surface area contributed by atoms with Crippen molar-refractivity contribution in [2.24, 2.45) is 0 Å². The van der Waals surface area contributed by atoms with E-state index in [1.165, 1.54) is 18.0 Å². The highest BCUT2D eigenvalue weighted by atomic mass is 16.5. The molecule has 3 aromatic rings. The molecule has 2 aromatic carbocycles. The first kappa shape index (κ1) is 15.4. The highest BCUT2D eigenvalue weighted by molar-refractivity contribution is 6.05. The van der Waals surface area contributed by atoms with Gasteiger partial charge in [-0.25, -0.2) is 4.79 Å². The second-order valence-corrected chi connectivity index (χ2v) is 4.89. The van der Waals surface area contributed by atoms with E-state index in [-0.39, 0.29) is 5.91 Å². The molecule has 1 amide bonds. The fourth-order valence-electron chi connectivity index (χ4n) is 2.14. The topological polar surface area (TPSA) is 86.1 Å². The van der Waals surface area contributed by atoms with Crippen molar-refractivity contribution in [2.45, 2.75) is 0 Å². The third-order valence-corrected chi connectivity index (χ3v) is 3.32. The van der Waals surface area contributed by atoms with Crippen LogP contribution in [0.5, 0.6) is 0 Å². The molecule has 0 radical (unpaired) electrons. The number of rotatable bonds is 4. The average molecular weight is 322 g/mol. The Kier molecular flexibility index (Phi) is 4.33. The number of methoxy groups -OCH3 is 1. The number of hydrogen-bond acceptors (Lipinski definition) is 5. The largest absolute Gasteiger partial charge is 0.465 e. The third-order valence-electron chi connectivity index (χ3n) is 3.32. The molecule has 0 saturated carbocycles. The van der Waals surface area contributed by atoms with Crippen LogP contribution in [0.25, 0.3) is 5.69 Å². The first-order valence-corrected chi connectivity index (χ1v) is 7.14. The maximum absolute atomic E-state index is 12.3. The number of aromatic nitrogens is 3. The summed E-state index contributed by atoms with van der Waals surface area (Å²) in [7, 11) is 1.30. The van der Waals surface area contributed by atoms with E-state index in [1.807, 2.05) is 0 Å². The van der Waals surface area contributed by atoms with Crippen LogP contribution < -0.4 is 5.32 Å². The number of esters is 1. The average Bonchev–Trinajstić information content (AvgIpc) is 3.16. The lowest BCUT2D eigenvalue weighted by Gasteiger charge is -2.07. The zero-order valence-electron chi connectivity index (χ0n) is 12.8. The van der Waals surface area contributed by atoms with Gasteiger partial charge in [0.15, 0.2) is 0 Å². The minimum atomic E-state index is -0.485. The number of anilines is 1. The molecule has 0 unspecified atom stereocenters. The molecule has 0 aliphatic rings. The molecule has 1 heterocycles. The standard InChI is InChI=1S/C17H14N4O3/c1-24-17(23)13-4-2-3-12(11-13)16(22)20-14-5-7-15(8-6-14)21-18-9-10-19-21/h2-11H,1H3,(H,20,22). The van der Waals surface area contributed by atoms with E-state index in [0.717, 1.165) is 5.69 Å². The van der Waals surface area contributed by atoms with E-state index in [4.69, 9.17) is 0 Å². The number of nitrogens with one attached hydrogen (secondary N) is 1. The van der Waals surface area contributed by atoms with Crippen molar-refractivity contribution in [3.05, 3.63) is 72.1 Å². The summed E-state index contributed by atoms with van der Waals surface area (Å²) in [6, 6.07) is 13.4. The van der Waals surface area contributed by atoms with Crippen LogP contribution in [0.1, 0.15) is 20.7 Å². The first-order valence-electron chi connectivity index (χ1n) is 7.14. The van der Waals surface area contributed by atoms with Crippen LogP contribution in [0, 0.1) is 0 Å². The summed E-state index contributed by atoms with van der Waals surface area (Å²) in [5.41, 5.74) is 2.10. The van der Waals surface area contributed by atoms with Crippen LogP contribution in [-0.2, 0) is 4.74 Å². The molecule has 7 nitrogen and oxygen atoms in total. The van der Waals surface area contributed by atoms with Gasteiger partial charge in [0.1, 0.15) is 0 Å². The lowest BCUT2D eigenvalue weighted by molar-refractivity contribution is 0.0600. The molecule has 0 atom stereocenters. The van der Waals surface area contributed by atoms with E-state index in [1.54, 1.807) is 54.9 Å². The Balaban J connectivity index is 1.74. The van der Waals surface area contributed by atoms with Crippen LogP contribution in [0.2, 0.25) is 0 Å². The van der Waals surface area contributed by atoms with E-state index < -0.39 is 5.97 Å². The third kappa shape index (κ3) is 3.30. The normalized spacial score (nSPS) is 10.2. The van der Waals surface area contributed by atoms with Gasteiger partial charge in [0.25, 0.3) is 5.91 Å². The van der Waals surface area contributed by atoms with Crippen LogP contribution in [0.4, 0.5) is 5.69 Å². The summed E-state index contributed by atoms with van der Waals surface area (Å²) in [6.45, 7) is 0. The molecule has 7 heteroatoms. The van der Waals surface area contributed by atoms with Gasteiger partial charge in [0.2, 0.25) is 0 Å². The zero-order chi connectivity index (χ0) is 16.9. The highest BCUT2D eigenvalue weighted by Crippen LogP contribution is 2.14. The monoisotopic (exact) mass is 322 g/mol. The van der Waals surface area contributed by atoms with Crippen molar-refractivity contribution < 1.29 is 14.3 Å². The van der Waals surface area contributed by atoms with Crippen molar-refractivity contribution >= 4 is 17.6 Å². The number of ether oxygens (including phenoxy) is 1. The van der Waals surface area contributed by atoms with Gasteiger partial charge in [0.05, 0.1) is 30.8 Å².